The first-order valence-corrected chi connectivity index (χ1v) is 9.43. The molecule has 26 heavy (non-hydrogen) atoms. The zero-order chi connectivity index (χ0) is 18.7. The van der Waals surface area contributed by atoms with Crippen LogP contribution in [0, 0.1) is 6.92 Å². The number of carboxylic acid groups (broad SMARTS) is 1. The summed E-state index contributed by atoms with van der Waals surface area (Å²) in [5.41, 5.74) is 0.723. The van der Waals surface area contributed by atoms with Crippen LogP contribution < -0.4 is 5.32 Å². The zero-order valence-corrected chi connectivity index (χ0v) is 15.8. The second-order valence-corrected chi connectivity index (χ2v) is 7.79. The quantitative estimate of drug-likeness (QED) is 0.809. The summed E-state index contributed by atoms with van der Waals surface area (Å²) < 4.78 is 5.32. The van der Waals surface area contributed by atoms with E-state index in [4.69, 9.17) is 16.3 Å². The first-order chi connectivity index (χ1) is 12.4. The van der Waals surface area contributed by atoms with Crippen LogP contribution in [0.25, 0.3) is 10.6 Å². The van der Waals surface area contributed by atoms with Gasteiger partial charge in [-0.25, -0.2) is 4.98 Å². The van der Waals surface area contributed by atoms with Crippen LogP contribution in [0.2, 0.25) is 5.02 Å². The topological polar surface area (TPSA) is 88.5 Å². The Labute approximate surface area is 160 Å². The first kappa shape index (κ1) is 18.8. The minimum absolute atomic E-state index is 0.121. The lowest BCUT2D eigenvalue weighted by atomic mass is 9.86. The molecule has 1 aromatic heterocycles. The molecule has 138 valence electrons. The Kier molecular flexibility index (Phi) is 5.60. The Morgan fingerprint density at radius 1 is 1.31 bits per heavy atom. The predicted octanol–water partition coefficient (Wildman–Crippen LogP) is 3.53. The maximum Gasteiger partial charge on any atom is 0.305 e. The van der Waals surface area contributed by atoms with Crippen LogP contribution in [0.3, 0.4) is 0 Å². The van der Waals surface area contributed by atoms with E-state index >= 15 is 0 Å². The van der Waals surface area contributed by atoms with E-state index in [1.54, 1.807) is 19.1 Å². The highest BCUT2D eigenvalue weighted by Gasteiger charge is 2.37. The van der Waals surface area contributed by atoms with E-state index in [0.717, 1.165) is 10.6 Å². The number of nitrogens with zero attached hydrogens (tertiary/aromatic N) is 1. The minimum atomic E-state index is -0.935. The summed E-state index contributed by atoms with van der Waals surface area (Å²) in [5, 5.41) is 13.5. The van der Waals surface area contributed by atoms with Crippen LogP contribution in [0.1, 0.15) is 34.6 Å². The Balaban J connectivity index is 1.82. The van der Waals surface area contributed by atoms with Gasteiger partial charge in [0.2, 0.25) is 0 Å². The number of carboxylic acids is 1. The van der Waals surface area contributed by atoms with Crippen molar-refractivity contribution in [1.82, 2.24) is 10.3 Å². The fraction of sp³-hybridized carbons (Fsp3) is 0.389. The lowest BCUT2D eigenvalue weighted by Crippen LogP contribution is -2.53. The van der Waals surface area contributed by atoms with E-state index in [-0.39, 0.29) is 12.3 Å². The molecule has 1 fully saturated rings. The molecule has 0 radical (unpaired) electrons. The van der Waals surface area contributed by atoms with Crippen molar-refractivity contribution < 1.29 is 19.4 Å². The van der Waals surface area contributed by atoms with Gasteiger partial charge < -0.3 is 15.2 Å². The summed E-state index contributed by atoms with van der Waals surface area (Å²) in [5.74, 6) is -1.22. The van der Waals surface area contributed by atoms with Gasteiger partial charge >= 0.3 is 5.97 Å². The van der Waals surface area contributed by atoms with E-state index in [1.807, 2.05) is 12.1 Å². The maximum atomic E-state index is 12.8. The number of carbonyl (C=O) groups excluding carboxylic acids is 1. The third-order valence-electron chi connectivity index (χ3n) is 4.41. The number of hydrogen-bond donors (Lipinski definition) is 2. The molecule has 0 atom stereocenters. The minimum Gasteiger partial charge on any atom is -0.481 e. The highest BCUT2D eigenvalue weighted by atomic mass is 35.5. The highest BCUT2D eigenvalue weighted by molar-refractivity contribution is 7.17. The van der Waals surface area contributed by atoms with Gasteiger partial charge in [0.15, 0.2) is 0 Å². The zero-order valence-electron chi connectivity index (χ0n) is 14.3. The van der Waals surface area contributed by atoms with E-state index in [0.29, 0.717) is 41.6 Å². The summed E-state index contributed by atoms with van der Waals surface area (Å²) >= 11 is 7.20. The van der Waals surface area contributed by atoms with E-state index in [1.165, 1.54) is 11.3 Å². The molecule has 1 aliphatic heterocycles. The molecule has 6 nitrogen and oxygen atoms in total. The van der Waals surface area contributed by atoms with Crippen molar-refractivity contribution >= 4 is 34.8 Å². The van der Waals surface area contributed by atoms with Crippen molar-refractivity contribution in [3.63, 3.8) is 0 Å². The van der Waals surface area contributed by atoms with Gasteiger partial charge in [0.05, 0.1) is 17.7 Å². The molecule has 1 amide bonds. The molecule has 0 saturated carbocycles. The number of amides is 1. The van der Waals surface area contributed by atoms with Gasteiger partial charge in [0, 0.05) is 23.8 Å². The van der Waals surface area contributed by atoms with Gasteiger partial charge in [0.1, 0.15) is 9.88 Å². The van der Waals surface area contributed by atoms with Crippen molar-refractivity contribution in [2.75, 3.05) is 13.2 Å². The van der Waals surface area contributed by atoms with Crippen LogP contribution in [-0.4, -0.2) is 40.7 Å². The van der Waals surface area contributed by atoms with Crippen molar-refractivity contribution in [2.45, 2.75) is 31.7 Å². The predicted molar refractivity (Wildman–Crippen MR) is 99.8 cm³/mol. The number of rotatable bonds is 5. The number of carbonyl (C=O) groups is 2. The van der Waals surface area contributed by atoms with Crippen molar-refractivity contribution in [2.24, 2.45) is 0 Å². The summed E-state index contributed by atoms with van der Waals surface area (Å²) in [6.45, 7) is 2.65. The molecule has 1 saturated heterocycles. The number of nitrogens with one attached hydrogen (secondary N) is 1. The number of aliphatic carboxylic acids is 1. The molecule has 0 unspecified atom stereocenters. The smallest absolute Gasteiger partial charge is 0.305 e. The van der Waals surface area contributed by atoms with Gasteiger partial charge in [-0.15, -0.1) is 11.3 Å². The van der Waals surface area contributed by atoms with Crippen LogP contribution in [-0.2, 0) is 9.53 Å². The number of hydrogen-bond acceptors (Lipinski definition) is 5. The molecule has 8 heteroatoms. The van der Waals surface area contributed by atoms with Gasteiger partial charge in [0.25, 0.3) is 5.91 Å². The number of thiazole rings is 1. The summed E-state index contributed by atoms with van der Waals surface area (Å²) in [6, 6.07) is 7.26. The number of ether oxygens (including phenoxy) is 1. The van der Waals surface area contributed by atoms with E-state index in [2.05, 4.69) is 10.3 Å². The van der Waals surface area contributed by atoms with Gasteiger partial charge in [-0.1, -0.05) is 23.7 Å². The molecule has 0 spiro atoms. The average Bonchev–Trinajstić information content (AvgIpc) is 2.97. The summed E-state index contributed by atoms with van der Waals surface area (Å²) in [4.78, 5) is 29.1. The van der Waals surface area contributed by atoms with Crippen LogP contribution in [0.15, 0.2) is 24.3 Å². The average molecular weight is 395 g/mol. The largest absolute Gasteiger partial charge is 0.481 e. The standard InChI is InChI=1S/C18H19ClN2O4S/c1-11-15(26-17(20-11)12-2-4-13(19)5-3-12)16(24)21-18(10-14(22)23)6-8-25-9-7-18/h2-5H,6-10H2,1H3,(H,21,24)(H,22,23). The third-order valence-corrected chi connectivity index (χ3v) is 5.87. The molecular formula is C18H19ClN2O4S. The highest BCUT2D eigenvalue weighted by Crippen LogP contribution is 2.31. The number of benzene rings is 1. The molecule has 3 rings (SSSR count). The fourth-order valence-electron chi connectivity index (χ4n) is 3.02. The third kappa shape index (κ3) is 4.23. The molecule has 0 aliphatic carbocycles. The lowest BCUT2D eigenvalue weighted by Gasteiger charge is -2.36. The molecule has 1 aliphatic rings. The van der Waals surface area contributed by atoms with E-state index in [9.17, 15) is 14.7 Å². The second kappa shape index (κ2) is 7.73. The second-order valence-electron chi connectivity index (χ2n) is 6.36. The fourth-order valence-corrected chi connectivity index (χ4v) is 4.11. The Hall–Kier alpha value is -1.96. The summed E-state index contributed by atoms with van der Waals surface area (Å²) in [7, 11) is 0. The molecule has 0 bridgehead atoms. The molecule has 1 aromatic carbocycles. The lowest BCUT2D eigenvalue weighted by molar-refractivity contribution is -0.139. The molecule has 2 aromatic rings. The van der Waals surface area contributed by atoms with Crippen molar-refractivity contribution in [3.8, 4) is 10.6 Å². The van der Waals surface area contributed by atoms with Crippen LogP contribution >= 0.6 is 22.9 Å². The van der Waals surface area contributed by atoms with Gasteiger partial charge in [-0.2, -0.15) is 0 Å². The monoisotopic (exact) mass is 394 g/mol. The molecule has 2 heterocycles. The van der Waals surface area contributed by atoms with Crippen molar-refractivity contribution in [1.29, 1.82) is 0 Å². The Morgan fingerprint density at radius 3 is 2.58 bits per heavy atom. The SMILES string of the molecule is Cc1nc(-c2ccc(Cl)cc2)sc1C(=O)NC1(CC(=O)O)CCOCC1. The number of halogens is 1. The maximum absolute atomic E-state index is 12.8. The van der Waals surface area contributed by atoms with Gasteiger partial charge in [-0.3, -0.25) is 9.59 Å². The normalized spacial score (nSPS) is 16.2. The summed E-state index contributed by atoms with van der Waals surface area (Å²) in [6.07, 6.45) is 0.837. The molecular weight excluding hydrogens is 376 g/mol. The van der Waals surface area contributed by atoms with E-state index < -0.39 is 11.5 Å². The first-order valence-electron chi connectivity index (χ1n) is 8.24. The van der Waals surface area contributed by atoms with Crippen LogP contribution in [0.4, 0.5) is 0 Å². The van der Waals surface area contributed by atoms with Crippen LogP contribution in [0.5, 0.6) is 0 Å². The van der Waals surface area contributed by atoms with Gasteiger partial charge in [-0.05, 0) is 31.9 Å². The number of aryl methyl sites for hydroxylation is 1. The van der Waals surface area contributed by atoms with Crippen molar-refractivity contribution in [3.05, 3.63) is 39.9 Å². The number of aromatic nitrogens is 1. The Morgan fingerprint density at radius 2 is 1.96 bits per heavy atom. The molecule has 2 N–H and O–H groups in total. The Bertz CT molecular complexity index is 813.